The van der Waals surface area contributed by atoms with Crippen LogP contribution in [-0.4, -0.2) is 96.7 Å². The van der Waals surface area contributed by atoms with Crippen LogP contribution < -0.4 is 0 Å². The van der Waals surface area contributed by atoms with Gasteiger partial charge in [0.25, 0.3) is 0 Å². The third-order valence-corrected chi connectivity index (χ3v) is 18.3. The van der Waals surface area contributed by atoms with Gasteiger partial charge in [-0.05, 0) is 31.6 Å². The quantitative estimate of drug-likeness (QED) is 0.0222. The number of aliphatic hydroxyl groups is 1. The van der Waals surface area contributed by atoms with Crippen LogP contribution in [0.1, 0.15) is 356 Å². The first-order valence-electron chi connectivity index (χ1n) is 36.2. The molecule has 0 heterocycles. The zero-order chi connectivity index (χ0) is 64.9. The number of ether oxygens (including phenoxy) is 4. The predicted octanol–water partition coefficient (Wildman–Crippen LogP) is 19.7. The highest BCUT2D eigenvalue weighted by atomic mass is 31.2. The van der Waals surface area contributed by atoms with E-state index in [0.29, 0.717) is 25.7 Å². The van der Waals surface area contributed by atoms with Crippen LogP contribution in [0.25, 0.3) is 0 Å². The first-order valence-corrected chi connectivity index (χ1v) is 39.2. The van der Waals surface area contributed by atoms with E-state index in [0.717, 1.165) is 109 Å². The van der Waals surface area contributed by atoms with E-state index in [1.54, 1.807) is 0 Å². The molecule has 522 valence electrons. The van der Waals surface area contributed by atoms with Crippen molar-refractivity contribution >= 4 is 39.5 Å². The normalized spacial score (nSPS) is 14.4. The molecule has 0 spiro atoms. The number of aliphatic hydroxyl groups excluding tert-OH is 1. The summed E-state index contributed by atoms with van der Waals surface area (Å²) in [6, 6.07) is 0. The van der Waals surface area contributed by atoms with Crippen LogP contribution in [-0.2, 0) is 65.4 Å². The molecule has 0 radical (unpaired) electrons. The highest BCUT2D eigenvalue weighted by Gasteiger charge is 2.30. The summed E-state index contributed by atoms with van der Waals surface area (Å²) >= 11 is 0. The zero-order valence-corrected chi connectivity index (χ0v) is 58.6. The second kappa shape index (κ2) is 62.5. The Bertz CT molecular complexity index is 1710. The predicted molar refractivity (Wildman–Crippen MR) is 354 cm³/mol. The maximum absolute atomic E-state index is 13.0. The molecule has 0 aliphatic heterocycles. The Morgan fingerprint density at radius 1 is 0.318 bits per heavy atom. The number of carbonyl (C=O) groups excluding carboxylic acids is 4. The minimum atomic E-state index is -4.95. The summed E-state index contributed by atoms with van der Waals surface area (Å²) in [7, 11) is -9.89. The molecule has 0 saturated carbocycles. The summed E-state index contributed by atoms with van der Waals surface area (Å²) in [5.74, 6) is -1.35. The summed E-state index contributed by atoms with van der Waals surface area (Å²) in [4.78, 5) is 72.3. The van der Waals surface area contributed by atoms with Crippen LogP contribution in [0.15, 0.2) is 0 Å². The van der Waals surface area contributed by atoms with Gasteiger partial charge in [0.2, 0.25) is 0 Å². The Kier molecular flexibility index (Phi) is 61.1. The molecule has 0 bridgehead atoms. The first kappa shape index (κ1) is 86.1. The minimum absolute atomic E-state index is 0.105. The van der Waals surface area contributed by atoms with Gasteiger partial charge < -0.3 is 33.8 Å². The van der Waals surface area contributed by atoms with Crippen LogP contribution in [0.5, 0.6) is 0 Å². The summed E-state index contributed by atoms with van der Waals surface area (Å²) in [5, 5.41) is 10.6. The van der Waals surface area contributed by atoms with Crippen molar-refractivity contribution in [1.29, 1.82) is 0 Å². The molecule has 3 unspecified atom stereocenters. The van der Waals surface area contributed by atoms with Gasteiger partial charge in [0.15, 0.2) is 12.2 Å². The van der Waals surface area contributed by atoms with Gasteiger partial charge in [-0.25, -0.2) is 9.13 Å². The molecule has 19 heteroatoms. The van der Waals surface area contributed by atoms with Crippen molar-refractivity contribution in [2.24, 2.45) is 5.92 Å². The van der Waals surface area contributed by atoms with E-state index >= 15 is 0 Å². The topological polar surface area (TPSA) is 237 Å². The monoisotopic (exact) mass is 1300 g/mol. The van der Waals surface area contributed by atoms with Crippen molar-refractivity contribution in [2.75, 3.05) is 39.6 Å². The van der Waals surface area contributed by atoms with Crippen LogP contribution >= 0.6 is 15.6 Å². The fourth-order valence-electron chi connectivity index (χ4n) is 10.4. The molecule has 0 aromatic carbocycles. The summed E-state index contributed by atoms with van der Waals surface area (Å²) < 4.78 is 68.1. The summed E-state index contributed by atoms with van der Waals surface area (Å²) in [6.45, 7) is 7.18. The number of rotatable bonds is 69. The summed E-state index contributed by atoms with van der Waals surface area (Å²) in [6.07, 6.45) is 48.8. The first-order chi connectivity index (χ1) is 42.6. The molecule has 0 saturated heterocycles. The number of phosphoric ester groups is 2. The van der Waals surface area contributed by atoms with E-state index in [1.165, 1.54) is 167 Å². The molecule has 0 rings (SSSR count). The SMILES string of the molecule is CCCCCCCCCCCCCCCCCCCCCCC(=O)O[C@H](COC(=O)CCCCCCCCCCC(C)CC)COP(=O)(O)OC[C@@H](O)COP(=O)(O)OC[C@@H](COC(=O)CCCCCCCCC)OC(=O)CCCCCCCCCCC. The van der Waals surface area contributed by atoms with Gasteiger partial charge in [-0.15, -0.1) is 0 Å². The molecule has 3 N–H and O–H groups in total. The maximum Gasteiger partial charge on any atom is 0.472 e. The molecule has 0 aromatic heterocycles. The Morgan fingerprint density at radius 2 is 0.545 bits per heavy atom. The number of carbonyl (C=O) groups is 4. The van der Waals surface area contributed by atoms with Crippen molar-refractivity contribution in [3.8, 4) is 0 Å². The lowest BCUT2D eigenvalue weighted by molar-refractivity contribution is -0.161. The molecule has 0 aliphatic rings. The van der Waals surface area contributed by atoms with Crippen molar-refractivity contribution in [2.45, 2.75) is 374 Å². The fourth-order valence-corrected chi connectivity index (χ4v) is 12.0. The van der Waals surface area contributed by atoms with Gasteiger partial charge >= 0.3 is 39.5 Å². The van der Waals surface area contributed by atoms with Crippen LogP contribution in [0.4, 0.5) is 0 Å². The molecule has 0 amide bonds. The van der Waals surface area contributed by atoms with E-state index in [4.69, 9.17) is 37.0 Å². The molecular formula is C69H134O17P2. The van der Waals surface area contributed by atoms with Crippen molar-refractivity contribution in [1.82, 2.24) is 0 Å². The highest BCUT2D eigenvalue weighted by Crippen LogP contribution is 2.45. The van der Waals surface area contributed by atoms with Gasteiger partial charge in [0, 0.05) is 25.7 Å². The van der Waals surface area contributed by atoms with Gasteiger partial charge in [0.1, 0.15) is 19.3 Å². The van der Waals surface area contributed by atoms with E-state index in [9.17, 15) is 43.2 Å². The lowest BCUT2D eigenvalue weighted by atomic mass is 9.99. The van der Waals surface area contributed by atoms with Crippen LogP contribution in [0, 0.1) is 5.92 Å². The molecule has 0 aromatic rings. The zero-order valence-electron chi connectivity index (χ0n) is 56.9. The van der Waals surface area contributed by atoms with Gasteiger partial charge in [-0.1, -0.05) is 304 Å². The average molecular weight is 1300 g/mol. The molecular weight excluding hydrogens is 1160 g/mol. The Hall–Kier alpha value is -1.94. The standard InChI is InChI=1S/C69H134O17P2/c1-6-10-13-16-19-21-22-23-24-25-26-27-28-29-30-31-33-40-45-50-55-69(74)86-65(59-80-67(72)53-48-43-38-35-34-37-41-46-51-62(5)9-4)61-84-88(77,78)82-57-63(70)56-81-87(75,76)83-60-64(58-79-66(71)52-47-42-36-18-15-12-8-3)85-68(73)54-49-44-39-32-20-17-14-11-7-2/h62-65,70H,6-61H2,1-5H3,(H,75,76)(H,77,78)/t62?,63-,64+,65+/m0/s1. The van der Waals surface area contributed by atoms with E-state index in [1.807, 2.05) is 0 Å². The fraction of sp³-hybridized carbons (Fsp3) is 0.942. The Balaban J connectivity index is 5.15. The van der Waals surface area contributed by atoms with E-state index < -0.39 is 97.5 Å². The van der Waals surface area contributed by atoms with Gasteiger partial charge in [-0.3, -0.25) is 37.3 Å². The summed E-state index contributed by atoms with van der Waals surface area (Å²) in [5.41, 5.74) is 0. The van der Waals surface area contributed by atoms with Crippen molar-refractivity contribution in [3.63, 3.8) is 0 Å². The van der Waals surface area contributed by atoms with Crippen molar-refractivity contribution in [3.05, 3.63) is 0 Å². The van der Waals surface area contributed by atoms with Gasteiger partial charge in [-0.2, -0.15) is 0 Å². The number of phosphoric acid groups is 2. The highest BCUT2D eigenvalue weighted by molar-refractivity contribution is 7.47. The third-order valence-electron chi connectivity index (χ3n) is 16.4. The molecule has 0 aliphatic carbocycles. The molecule has 88 heavy (non-hydrogen) atoms. The molecule has 6 atom stereocenters. The smallest absolute Gasteiger partial charge is 0.462 e. The lowest BCUT2D eigenvalue weighted by Crippen LogP contribution is -2.30. The Morgan fingerprint density at radius 3 is 0.807 bits per heavy atom. The second-order valence-corrected chi connectivity index (χ2v) is 28.1. The number of unbranched alkanes of at least 4 members (excludes halogenated alkanes) is 40. The molecule has 17 nitrogen and oxygen atoms in total. The van der Waals surface area contributed by atoms with E-state index in [2.05, 4.69) is 34.6 Å². The number of hydrogen-bond acceptors (Lipinski definition) is 15. The van der Waals surface area contributed by atoms with Gasteiger partial charge in [0.05, 0.1) is 26.4 Å². The average Bonchev–Trinajstić information content (AvgIpc) is 3.66. The third kappa shape index (κ3) is 61.6. The Labute approximate surface area is 537 Å². The van der Waals surface area contributed by atoms with Crippen molar-refractivity contribution < 1.29 is 80.2 Å². The second-order valence-electron chi connectivity index (χ2n) is 25.2. The van der Waals surface area contributed by atoms with Crippen LogP contribution in [0.2, 0.25) is 0 Å². The largest absolute Gasteiger partial charge is 0.472 e. The van der Waals surface area contributed by atoms with E-state index in [-0.39, 0.29) is 25.7 Å². The maximum atomic E-state index is 13.0. The number of hydrogen-bond donors (Lipinski definition) is 3. The number of esters is 4. The minimum Gasteiger partial charge on any atom is -0.462 e. The van der Waals surface area contributed by atoms with Crippen LogP contribution in [0.3, 0.4) is 0 Å². The lowest BCUT2D eigenvalue weighted by Gasteiger charge is -2.21. The molecule has 0 fully saturated rings.